The van der Waals surface area contributed by atoms with Crippen LogP contribution in [0.25, 0.3) is 0 Å². The minimum Gasteiger partial charge on any atom is -0.376 e. The molecule has 3 rings (SSSR count). The van der Waals surface area contributed by atoms with E-state index >= 15 is 0 Å². The number of hydrogen-bond acceptors (Lipinski definition) is 3. The average molecular weight is 266 g/mol. The molecule has 19 heavy (non-hydrogen) atoms. The largest absolute Gasteiger partial charge is 0.376 e. The van der Waals surface area contributed by atoms with E-state index in [1.165, 1.54) is 45.2 Å². The fraction of sp³-hybridized carbons (Fsp3) is 1.00. The van der Waals surface area contributed by atoms with E-state index in [1.807, 2.05) is 0 Å². The Morgan fingerprint density at radius 1 is 1.11 bits per heavy atom. The van der Waals surface area contributed by atoms with Crippen LogP contribution in [0.3, 0.4) is 0 Å². The van der Waals surface area contributed by atoms with E-state index in [9.17, 15) is 0 Å². The van der Waals surface area contributed by atoms with E-state index in [0.717, 1.165) is 37.7 Å². The van der Waals surface area contributed by atoms with E-state index in [4.69, 9.17) is 4.74 Å². The van der Waals surface area contributed by atoms with Crippen molar-refractivity contribution in [2.24, 2.45) is 5.92 Å². The SMILES string of the molecule is CC1CN(CCN2C(C)CC3CCCCC32)CCO1. The standard InChI is InChI=1S/C16H30N2O/c1-13-11-15-5-3-4-6-16(15)18(13)8-7-17-9-10-19-14(2)12-17/h13-16H,3-12H2,1-2H3. The predicted molar refractivity (Wildman–Crippen MR) is 78.4 cm³/mol. The number of hydrogen-bond donors (Lipinski definition) is 0. The zero-order chi connectivity index (χ0) is 13.2. The van der Waals surface area contributed by atoms with Crippen molar-refractivity contribution in [1.29, 1.82) is 0 Å². The van der Waals surface area contributed by atoms with Crippen LogP contribution in [-0.2, 0) is 4.74 Å². The molecular formula is C16H30N2O. The monoisotopic (exact) mass is 266 g/mol. The van der Waals surface area contributed by atoms with Crippen molar-refractivity contribution in [3.63, 3.8) is 0 Å². The maximum absolute atomic E-state index is 5.63. The Morgan fingerprint density at radius 2 is 1.95 bits per heavy atom. The third-order valence-electron chi connectivity index (χ3n) is 5.50. The Labute approximate surface area is 118 Å². The van der Waals surface area contributed by atoms with E-state index in [-0.39, 0.29) is 0 Å². The number of likely N-dealkylation sites (tertiary alicyclic amines) is 1. The molecule has 3 heteroatoms. The topological polar surface area (TPSA) is 15.7 Å². The molecule has 2 heterocycles. The molecule has 0 spiro atoms. The number of nitrogens with zero attached hydrogens (tertiary/aromatic N) is 2. The summed E-state index contributed by atoms with van der Waals surface area (Å²) in [5.41, 5.74) is 0. The van der Waals surface area contributed by atoms with E-state index in [1.54, 1.807) is 0 Å². The highest BCUT2D eigenvalue weighted by atomic mass is 16.5. The van der Waals surface area contributed by atoms with Gasteiger partial charge in [-0.25, -0.2) is 0 Å². The summed E-state index contributed by atoms with van der Waals surface area (Å²) in [6, 6.07) is 1.72. The molecule has 0 N–H and O–H groups in total. The highest BCUT2D eigenvalue weighted by Gasteiger charge is 2.39. The fourth-order valence-corrected chi connectivity index (χ4v) is 4.54. The number of rotatable bonds is 3. The molecule has 3 nitrogen and oxygen atoms in total. The Kier molecular flexibility index (Phi) is 4.45. The molecule has 2 aliphatic heterocycles. The van der Waals surface area contributed by atoms with Crippen molar-refractivity contribution in [3.8, 4) is 0 Å². The first-order valence-electron chi connectivity index (χ1n) is 8.33. The number of ether oxygens (including phenoxy) is 1. The van der Waals surface area contributed by atoms with Gasteiger partial charge in [0.05, 0.1) is 12.7 Å². The van der Waals surface area contributed by atoms with Gasteiger partial charge >= 0.3 is 0 Å². The molecule has 0 amide bonds. The second kappa shape index (κ2) is 6.11. The molecule has 3 aliphatic rings. The first-order valence-corrected chi connectivity index (χ1v) is 8.33. The molecule has 0 radical (unpaired) electrons. The van der Waals surface area contributed by atoms with Gasteiger partial charge in [0.25, 0.3) is 0 Å². The van der Waals surface area contributed by atoms with Crippen LogP contribution >= 0.6 is 0 Å². The van der Waals surface area contributed by atoms with Crippen LogP contribution in [0, 0.1) is 5.92 Å². The minimum atomic E-state index is 0.423. The predicted octanol–water partition coefficient (Wildman–Crippen LogP) is 2.36. The molecule has 0 bridgehead atoms. The molecule has 4 unspecified atom stereocenters. The van der Waals surface area contributed by atoms with Gasteiger partial charge in [0.1, 0.15) is 0 Å². The third-order valence-corrected chi connectivity index (χ3v) is 5.50. The second-order valence-corrected chi connectivity index (χ2v) is 6.92. The summed E-state index contributed by atoms with van der Waals surface area (Å²) in [6.45, 7) is 10.3. The molecule has 110 valence electrons. The smallest absolute Gasteiger partial charge is 0.0674 e. The summed E-state index contributed by atoms with van der Waals surface area (Å²) in [7, 11) is 0. The molecule has 0 aromatic carbocycles. The van der Waals surface area contributed by atoms with Gasteiger partial charge in [-0.1, -0.05) is 12.8 Å². The van der Waals surface area contributed by atoms with E-state index in [0.29, 0.717) is 6.10 Å². The van der Waals surface area contributed by atoms with Crippen LogP contribution in [0.5, 0.6) is 0 Å². The van der Waals surface area contributed by atoms with E-state index in [2.05, 4.69) is 23.6 Å². The zero-order valence-electron chi connectivity index (χ0n) is 12.7. The van der Waals surface area contributed by atoms with Crippen LogP contribution in [-0.4, -0.2) is 60.8 Å². The molecule has 1 aliphatic carbocycles. The van der Waals surface area contributed by atoms with Crippen LogP contribution in [0.4, 0.5) is 0 Å². The van der Waals surface area contributed by atoms with Gasteiger partial charge in [-0.15, -0.1) is 0 Å². The van der Waals surface area contributed by atoms with Crippen molar-refractivity contribution in [2.75, 3.05) is 32.8 Å². The Balaban J connectivity index is 1.51. The van der Waals surface area contributed by atoms with Gasteiger partial charge in [-0.2, -0.15) is 0 Å². The summed E-state index contributed by atoms with van der Waals surface area (Å²) in [5.74, 6) is 1.01. The van der Waals surface area contributed by atoms with Crippen LogP contribution in [0.15, 0.2) is 0 Å². The van der Waals surface area contributed by atoms with Gasteiger partial charge < -0.3 is 4.74 Å². The van der Waals surface area contributed by atoms with Gasteiger partial charge in [0.15, 0.2) is 0 Å². The molecular weight excluding hydrogens is 236 g/mol. The Hall–Kier alpha value is -0.120. The van der Waals surface area contributed by atoms with Gasteiger partial charge in [-0.3, -0.25) is 9.80 Å². The normalized spacial score (nSPS) is 41.4. The van der Waals surface area contributed by atoms with Crippen molar-refractivity contribution < 1.29 is 4.74 Å². The van der Waals surface area contributed by atoms with Crippen LogP contribution in [0.1, 0.15) is 46.0 Å². The first kappa shape index (κ1) is 13.8. The maximum Gasteiger partial charge on any atom is 0.0674 e. The fourth-order valence-electron chi connectivity index (χ4n) is 4.54. The van der Waals surface area contributed by atoms with Crippen LogP contribution in [0.2, 0.25) is 0 Å². The highest BCUT2D eigenvalue weighted by molar-refractivity contribution is 4.94. The molecule has 0 aromatic rings. The van der Waals surface area contributed by atoms with Gasteiger partial charge in [0.2, 0.25) is 0 Å². The first-order chi connectivity index (χ1) is 9.24. The summed E-state index contributed by atoms with van der Waals surface area (Å²) in [5, 5.41) is 0. The number of morpholine rings is 1. The minimum absolute atomic E-state index is 0.423. The summed E-state index contributed by atoms with van der Waals surface area (Å²) < 4.78 is 5.63. The third kappa shape index (κ3) is 3.14. The molecule has 0 aromatic heterocycles. The van der Waals surface area contributed by atoms with Crippen LogP contribution < -0.4 is 0 Å². The Bertz CT molecular complexity index is 296. The zero-order valence-corrected chi connectivity index (χ0v) is 12.7. The summed E-state index contributed by atoms with van der Waals surface area (Å²) >= 11 is 0. The Morgan fingerprint density at radius 3 is 2.79 bits per heavy atom. The average Bonchev–Trinajstić information content (AvgIpc) is 2.72. The second-order valence-electron chi connectivity index (χ2n) is 6.92. The van der Waals surface area contributed by atoms with Crippen molar-refractivity contribution >= 4 is 0 Å². The van der Waals surface area contributed by atoms with Gasteiger partial charge in [0, 0.05) is 38.3 Å². The lowest BCUT2D eigenvalue weighted by atomic mass is 9.85. The lowest BCUT2D eigenvalue weighted by Crippen LogP contribution is -2.47. The van der Waals surface area contributed by atoms with Crippen molar-refractivity contribution in [3.05, 3.63) is 0 Å². The quantitative estimate of drug-likeness (QED) is 0.780. The summed E-state index contributed by atoms with van der Waals surface area (Å²) in [4.78, 5) is 5.42. The van der Waals surface area contributed by atoms with E-state index < -0.39 is 0 Å². The molecule has 2 saturated heterocycles. The number of fused-ring (bicyclic) bond motifs is 1. The lowest BCUT2D eigenvalue weighted by Gasteiger charge is -2.36. The summed E-state index contributed by atoms with van der Waals surface area (Å²) in [6.07, 6.45) is 7.74. The molecule has 3 fully saturated rings. The molecule has 4 atom stereocenters. The lowest BCUT2D eigenvalue weighted by molar-refractivity contribution is -0.0224. The van der Waals surface area contributed by atoms with Gasteiger partial charge in [-0.05, 0) is 39.0 Å². The van der Waals surface area contributed by atoms with Crippen molar-refractivity contribution in [2.45, 2.75) is 64.1 Å². The highest BCUT2D eigenvalue weighted by Crippen LogP contribution is 2.39. The molecule has 1 saturated carbocycles. The maximum atomic E-state index is 5.63. The van der Waals surface area contributed by atoms with Crippen molar-refractivity contribution in [1.82, 2.24) is 9.80 Å².